The van der Waals surface area contributed by atoms with Gasteiger partial charge in [-0.05, 0) is 24.6 Å². The molecule has 0 atom stereocenters. The fourth-order valence-corrected chi connectivity index (χ4v) is 2.35. The molecule has 25 heavy (non-hydrogen) atoms. The number of rotatable bonds is 4. The molecule has 3 N–H and O–H groups in total. The van der Waals surface area contributed by atoms with Crippen LogP contribution in [0.25, 0.3) is 11.3 Å². The second-order valence-electron chi connectivity index (χ2n) is 5.33. The van der Waals surface area contributed by atoms with Gasteiger partial charge in [-0.2, -0.15) is 5.10 Å². The highest BCUT2D eigenvalue weighted by molar-refractivity contribution is 6.03. The third kappa shape index (κ3) is 3.47. The second-order valence-corrected chi connectivity index (χ2v) is 5.33. The summed E-state index contributed by atoms with van der Waals surface area (Å²) < 4.78 is 27.1. The number of aryl methyl sites for hydroxylation is 1. The number of nitrogens with one attached hydrogen (secondary N) is 3. The van der Waals surface area contributed by atoms with E-state index in [9.17, 15) is 18.4 Å². The highest BCUT2D eigenvalue weighted by atomic mass is 19.2. The highest BCUT2D eigenvalue weighted by Crippen LogP contribution is 2.24. The zero-order valence-corrected chi connectivity index (χ0v) is 13.2. The first kappa shape index (κ1) is 16.6. The fourth-order valence-electron chi connectivity index (χ4n) is 2.35. The lowest BCUT2D eigenvalue weighted by Gasteiger charge is -2.03. The molecule has 0 aliphatic carbocycles. The molecule has 0 radical (unpaired) electrons. The van der Waals surface area contributed by atoms with Gasteiger partial charge < -0.3 is 10.3 Å². The van der Waals surface area contributed by atoms with Gasteiger partial charge in [0.15, 0.2) is 17.5 Å². The predicted molar refractivity (Wildman–Crippen MR) is 88.3 cm³/mol. The van der Waals surface area contributed by atoms with Crippen LogP contribution in [-0.4, -0.2) is 21.1 Å². The summed E-state index contributed by atoms with van der Waals surface area (Å²) in [5.41, 5.74) is 0.642. The van der Waals surface area contributed by atoms with Crippen LogP contribution in [-0.2, 0) is 6.42 Å². The van der Waals surface area contributed by atoms with Gasteiger partial charge in [-0.1, -0.05) is 13.0 Å². The lowest BCUT2D eigenvalue weighted by atomic mass is 10.1. The largest absolute Gasteiger partial charge is 0.326 e. The van der Waals surface area contributed by atoms with Crippen molar-refractivity contribution >= 4 is 11.7 Å². The maximum atomic E-state index is 13.8. The Morgan fingerprint density at radius 2 is 2.04 bits per heavy atom. The van der Waals surface area contributed by atoms with Crippen molar-refractivity contribution in [2.75, 3.05) is 5.32 Å². The molecule has 0 unspecified atom stereocenters. The minimum atomic E-state index is -1.01. The van der Waals surface area contributed by atoms with Gasteiger partial charge >= 0.3 is 0 Å². The number of nitrogens with zero attached hydrogens (tertiary/aromatic N) is 1. The van der Waals surface area contributed by atoms with E-state index in [-0.39, 0.29) is 28.2 Å². The summed E-state index contributed by atoms with van der Waals surface area (Å²) >= 11 is 0. The van der Waals surface area contributed by atoms with Crippen LogP contribution in [0, 0.1) is 11.6 Å². The SMILES string of the molecule is CCc1cc(C(=O)Nc2cc(-c3cccc(F)c3F)[nH]n2)cc(=O)[nH]1. The Kier molecular flexibility index (Phi) is 4.42. The molecule has 3 rings (SSSR count). The smallest absolute Gasteiger partial charge is 0.257 e. The summed E-state index contributed by atoms with van der Waals surface area (Å²) in [4.78, 5) is 26.4. The van der Waals surface area contributed by atoms with Crippen molar-refractivity contribution in [2.24, 2.45) is 0 Å². The summed E-state index contributed by atoms with van der Waals surface area (Å²) in [6, 6.07) is 7.89. The molecule has 0 fully saturated rings. The lowest BCUT2D eigenvalue weighted by Crippen LogP contribution is -2.17. The molecule has 0 aliphatic rings. The number of halogens is 2. The quantitative estimate of drug-likeness (QED) is 0.680. The van der Waals surface area contributed by atoms with Crippen molar-refractivity contribution in [1.82, 2.24) is 15.2 Å². The minimum Gasteiger partial charge on any atom is -0.326 e. The summed E-state index contributed by atoms with van der Waals surface area (Å²) in [5.74, 6) is -2.39. The maximum absolute atomic E-state index is 13.8. The van der Waals surface area contributed by atoms with Crippen LogP contribution in [0.15, 0.2) is 41.2 Å². The Morgan fingerprint density at radius 1 is 1.24 bits per heavy atom. The van der Waals surface area contributed by atoms with E-state index in [0.29, 0.717) is 12.1 Å². The summed E-state index contributed by atoms with van der Waals surface area (Å²) in [6.45, 7) is 1.85. The number of carbonyl (C=O) groups is 1. The van der Waals surface area contributed by atoms with Gasteiger partial charge in [0, 0.05) is 29.0 Å². The molecular weight excluding hydrogens is 330 g/mol. The Balaban J connectivity index is 1.84. The van der Waals surface area contributed by atoms with Crippen LogP contribution in [0.4, 0.5) is 14.6 Å². The van der Waals surface area contributed by atoms with Crippen LogP contribution in [0.1, 0.15) is 23.0 Å². The van der Waals surface area contributed by atoms with E-state index < -0.39 is 17.5 Å². The highest BCUT2D eigenvalue weighted by Gasteiger charge is 2.14. The molecule has 128 valence electrons. The molecule has 6 nitrogen and oxygen atoms in total. The Hall–Kier alpha value is -3.29. The van der Waals surface area contributed by atoms with Crippen molar-refractivity contribution in [2.45, 2.75) is 13.3 Å². The fraction of sp³-hybridized carbons (Fsp3) is 0.118. The molecule has 0 spiro atoms. The van der Waals surface area contributed by atoms with Crippen LogP contribution in [0.5, 0.6) is 0 Å². The van der Waals surface area contributed by atoms with Crippen LogP contribution >= 0.6 is 0 Å². The molecule has 0 saturated carbocycles. The average molecular weight is 344 g/mol. The van der Waals surface area contributed by atoms with E-state index in [1.807, 2.05) is 6.92 Å². The minimum absolute atomic E-state index is 0.00239. The Labute approximate surface area is 140 Å². The predicted octanol–water partition coefficient (Wildman–Crippen LogP) is 2.86. The number of aromatic amines is 2. The Morgan fingerprint density at radius 3 is 2.80 bits per heavy atom. The van der Waals surface area contributed by atoms with Gasteiger partial charge in [0.2, 0.25) is 5.56 Å². The standard InChI is InChI=1S/C17H14F2N4O2/c1-2-10-6-9(7-15(24)20-10)17(25)21-14-8-13(22-23-14)11-4-3-5-12(18)16(11)19/h3-8H,2H2,1H3,(H,20,24)(H2,21,22,23,25). The number of aromatic nitrogens is 3. The molecule has 1 amide bonds. The van der Waals surface area contributed by atoms with Crippen molar-refractivity contribution in [3.63, 3.8) is 0 Å². The molecule has 0 saturated heterocycles. The van der Waals surface area contributed by atoms with Crippen molar-refractivity contribution in [1.29, 1.82) is 0 Å². The van der Waals surface area contributed by atoms with Crippen molar-refractivity contribution < 1.29 is 13.6 Å². The molecule has 0 aliphatic heterocycles. The van der Waals surface area contributed by atoms with Gasteiger partial charge in [0.05, 0.1) is 5.69 Å². The van der Waals surface area contributed by atoms with E-state index in [4.69, 9.17) is 0 Å². The van der Waals surface area contributed by atoms with Crippen molar-refractivity contribution in [3.8, 4) is 11.3 Å². The molecule has 8 heteroatoms. The van der Waals surface area contributed by atoms with Gasteiger partial charge in [-0.15, -0.1) is 0 Å². The zero-order valence-electron chi connectivity index (χ0n) is 13.2. The summed E-state index contributed by atoms with van der Waals surface area (Å²) in [7, 11) is 0. The number of hydrogen-bond acceptors (Lipinski definition) is 3. The first-order chi connectivity index (χ1) is 12.0. The number of benzene rings is 1. The molecule has 0 bridgehead atoms. The Bertz CT molecular complexity index is 994. The molecule has 1 aromatic carbocycles. The zero-order chi connectivity index (χ0) is 18.0. The third-order valence-corrected chi connectivity index (χ3v) is 3.60. The first-order valence-corrected chi connectivity index (χ1v) is 7.52. The number of amides is 1. The van der Waals surface area contributed by atoms with Crippen LogP contribution < -0.4 is 10.9 Å². The molecular formula is C17H14F2N4O2. The molecule has 2 heterocycles. The number of anilines is 1. The number of carbonyl (C=O) groups excluding carboxylic acids is 1. The van der Waals surface area contributed by atoms with Crippen LogP contribution in [0.3, 0.4) is 0 Å². The van der Waals surface area contributed by atoms with Gasteiger partial charge in [0.25, 0.3) is 5.91 Å². The monoisotopic (exact) mass is 344 g/mol. The maximum Gasteiger partial charge on any atom is 0.257 e. The third-order valence-electron chi connectivity index (χ3n) is 3.60. The number of H-pyrrole nitrogens is 2. The van der Waals surface area contributed by atoms with E-state index in [2.05, 4.69) is 20.5 Å². The van der Waals surface area contributed by atoms with E-state index in [1.54, 1.807) is 6.07 Å². The van der Waals surface area contributed by atoms with Crippen LogP contribution in [0.2, 0.25) is 0 Å². The second kappa shape index (κ2) is 6.68. The average Bonchev–Trinajstić information content (AvgIpc) is 3.05. The number of pyridine rings is 1. The summed E-state index contributed by atoms with van der Waals surface area (Å²) in [6.07, 6.45) is 0.571. The normalized spacial score (nSPS) is 10.7. The lowest BCUT2D eigenvalue weighted by molar-refractivity contribution is 0.102. The van der Waals surface area contributed by atoms with E-state index >= 15 is 0 Å². The molecule has 2 aromatic heterocycles. The van der Waals surface area contributed by atoms with E-state index in [0.717, 1.165) is 6.07 Å². The summed E-state index contributed by atoms with van der Waals surface area (Å²) in [5, 5.41) is 8.91. The van der Waals surface area contributed by atoms with Gasteiger partial charge in [0.1, 0.15) is 0 Å². The number of hydrogen-bond donors (Lipinski definition) is 3. The topological polar surface area (TPSA) is 90.6 Å². The van der Waals surface area contributed by atoms with Gasteiger partial charge in [-0.25, -0.2) is 8.78 Å². The van der Waals surface area contributed by atoms with Crippen molar-refractivity contribution in [3.05, 3.63) is 69.6 Å². The van der Waals surface area contributed by atoms with Gasteiger partial charge in [-0.3, -0.25) is 14.7 Å². The van der Waals surface area contributed by atoms with E-state index in [1.165, 1.54) is 24.3 Å². The first-order valence-electron chi connectivity index (χ1n) is 7.52. The molecule has 3 aromatic rings.